The number of carbonyl (C=O) groups excluding carboxylic acids is 1. The minimum Gasteiger partial charge on any atom is -0.444 e. The lowest BCUT2D eigenvalue weighted by atomic mass is 9.83. The van der Waals surface area contributed by atoms with Crippen LogP contribution in [0.25, 0.3) is 0 Å². The second-order valence-corrected chi connectivity index (χ2v) is 7.07. The number of rotatable bonds is 1. The van der Waals surface area contributed by atoms with Gasteiger partial charge in [-0.1, -0.05) is 18.2 Å². The van der Waals surface area contributed by atoms with Crippen LogP contribution < -0.4 is 5.73 Å². The summed E-state index contributed by atoms with van der Waals surface area (Å²) in [6.07, 6.45) is -4.54. The molecule has 0 unspecified atom stereocenters. The topological polar surface area (TPSA) is 55.6 Å². The quantitative estimate of drug-likeness (QED) is 0.844. The van der Waals surface area contributed by atoms with E-state index in [0.717, 1.165) is 6.07 Å². The third-order valence-electron chi connectivity index (χ3n) is 3.98. The Morgan fingerprint density at radius 1 is 1.25 bits per heavy atom. The highest BCUT2D eigenvalue weighted by Crippen LogP contribution is 2.38. The molecule has 134 valence electrons. The van der Waals surface area contributed by atoms with Crippen molar-refractivity contribution in [2.45, 2.75) is 50.9 Å². The Balaban J connectivity index is 2.14. The summed E-state index contributed by atoms with van der Waals surface area (Å²) in [5.74, 6) is -0.443. The van der Waals surface area contributed by atoms with Crippen molar-refractivity contribution >= 4 is 6.09 Å². The summed E-state index contributed by atoms with van der Waals surface area (Å²) in [5.41, 5.74) is 5.01. The van der Waals surface area contributed by atoms with Gasteiger partial charge in [0.1, 0.15) is 5.60 Å². The number of nitrogens with two attached hydrogens (primary N) is 1. The fraction of sp³-hybridized carbons (Fsp3) is 0.588. The molecule has 1 aromatic carbocycles. The molecule has 0 aromatic heterocycles. The predicted molar refractivity (Wildman–Crippen MR) is 84.6 cm³/mol. The van der Waals surface area contributed by atoms with Crippen molar-refractivity contribution in [3.05, 3.63) is 35.4 Å². The van der Waals surface area contributed by atoms with E-state index in [1.54, 1.807) is 26.8 Å². The molecular weight excluding hydrogens is 321 g/mol. The van der Waals surface area contributed by atoms with Crippen LogP contribution in [0.3, 0.4) is 0 Å². The normalized spacial score (nSPS) is 22.4. The number of piperidine rings is 1. The molecule has 1 heterocycles. The fourth-order valence-electron chi connectivity index (χ4n) is 2.94. The van der Waals surface area contributed by atoms with Gasteiger partial charge in [-0.25, -0.2) is 4.79 Å². The number of hydrogen-bond donors (Lipinski definition) is 1. The number of hydrogen-bond acceptors (Lipinski definition) is 3. The summed E-state index contributed by atoms with van der Waals surface area (Å²) < 4.78 is 44.9. The summed E-state index contributed by atoms with van der Waals surface area (Å²) in [7, 11) is 0. The van der Waals surface area contributed by atoms with Gasteiger partial charge in [0, 0.05) is 25.0 Å². The molecule has 0 aliphatic carbocycles. The first-order valence-corrected chi connectivity index (χ1v) is 7.88. The number of likely N-dealkylation sites (tertiary alicyclic amines) is 1. The van der Waals surface area contributed by atoms with Crippen LogP contribution in [-0.2, 0) is 10.9 Å². The molecule has 1 saturated heterocycles. The number of nitrogens with zero attached hydrogens (tertiary/aromatic N) is 1. The average molecular weight is 344 g/mol. The highest BCUT2D eigenvalue weighted by molar-refractivity contribution is 5.68. The Morgan fingerprint density at radius 3 is 2.42 bits per heavy atom. The Kier molecular flexibility index (Phi) is 5.13. The van der Waals surface area contributed by atoms with Crippen LogP contribution in [-0.4, -0.2) is 35.7 Å². The molecule has 0 spiro atoms. The number of benzene rings is 1. The summed E-state index contributed by atoms with van der Waals surface area (Å²) in [6.45, 7) is 5.77. The molecule has 0 bridgehead atoms. The molecule has 1 aromatic rings. The zero-order chi connectivity index (χ0) is 18.1. The summed E-state index contributed by atoms with van der Waals surface area (Å²) in [6, 6.07) is 4.92. The molecular formula is C17H23F3N2O2. The highest BCUT2D eigenvalue weighted by atomic mass is 19.4. The van der Waals surface area contributed by atoms with E-state index in [0.29, 0.717) is 13.0 Å². The maximum atomic E-state index is 13.2. The van der Waals surface area contributed by atoms with Gasteiger partial charge in [-0.15, -0.1) is 0 Å². The van der Waals surface area contributed by atoms with E-state index >= 15 is 0 Å². The summed E-state index contributed by atoms with van der Waals surface area (Å²) >= 11 is 0. The molecule has 2 atom stereocenters. The van der Waals surface area contributed by atoms with Gasteiger partial charge >= 0.3 is 12.3 Å². The lowest BCUT2D eigenvalue weighted by molar-refractivity contribution is -0.138. The van der Waals surface area contributed by atoms with Crippen LogP contribution in [0.1, 0.15) is 44.2 Å². The van der Waals surface area contributed by atoms with E-state index in [1.165, 1.54) is 17.0 Å². The zero-order valence-corrected chi connectivity index (χ0v) is 14.1. The van der Waals surface area contributed by atoms with Gasteiger partial charge in [-0.05, 0) is 38.8 Å². The Morgan fingerprint density at radius 2 is 1.88 bits per heavy atom. The average Bonchev–Trinajstić information content (AvgIpc) is 2.44. The summed E-state index contributed by atoms with van der Waals surface area (Å²) in [4.78, 5) is 13.6. The second-order valence-electron chi connectivity index (χ2n) is 7.07. The first-order valence-electron chi connectivity index (χ1n) is 7.88. The number of ether oxygens (including phenoxy) is 1. The van der Waals surface area contributed by atoms with Crippen molar-refractivity contribution < 1.29 is 22.7 Å². The molecule has 1 fully saturated rings. The van der Waals surface area contributed by atoms with Crippen molar-refractivity contribution in [2.75, 3.05) is 13.1 Å². The number of alkyl halides is 3. The third kappa shape index (κ3) is 4.41. The van der Waals surface area contributed by atoms with Crippen molar-refractivity contribution in [3.8, 4) is 0 Å². The lowest BCUT2D eigenvalue weighted by Gasteiger charge is -2.38. The molecule has 2 rings (SSSR count). The minimum atomic E-state index is -4.42. The molecule has 1 amide bonds. The predicted octanol–water partition coefficient (Wildman–Crippen LogP) is 3.76. The van der Waals surface area contributed by atoms with Crippen LogP contribution in [0.2, 0.25) is 0 Å². The minimum absolute atomic E-state index is 0.172. The molecule has 2 N–H and O–H groups in total. The van der Waals surface area contributed by atoms with E-state index in [-0.39, 0.29) is 12.1 Å². The molecule has 1 aliphatic rings. The monoisotopic (exact) mass is 344 g/mol. The van der Waals surface area contributed by atoms with Gasteiger partial charge in [0.15, 0.2) is 0 Å². The molecule has 24 heavy (non-hydrogen) atoms. The fourth-order valence-corrected chi connectivity index (χ4v) is 2.94. The van der Waals surface area contributed by atoms with Crippen molar-refractivity contribution in [1.82, 2.24) is 4.90 Å². The van der Waals surface area contributed by atoms with Crippen LogP contribution in [0, 0.1) is 0 Å². The van der Waals surface area contributed by atoms with Gasteiger partial charge < -0.3 is 15.4 Å². The largest absolute Gasteiger partial charge is 0.444 e. The van der Waals surface area contributed by atoms with Crippen LogP contribution >= 0.6 is 0 Å². The maximum absolute atomic E-state index is 13.2. The standard InChI is InChI=1S/C17H23F3N2O2/c1-16(2,3)24-15(23)22-9-8-12(14(21)10-22)11-6-4-5-7-13(11)17(18,19)20/h4-7,12,14H,8-10,21H2,1-3H3/t12-,14-/m1/s1. The van der Waals surface area contributed by atoms with E-state index < -0.39 is 35.4 Å². The van der Waals surface area contributed by atoms with Crippen LogP contribution in [0.5, 0.6) is 0 Å². The number of amides is 1. The van der Waals surface area contributed by atoms with E-state index in [4.69, 9.17) is 10.5 Å². The molecule has 7 heteroatoms. The van der Waals surface area contributed by atoms with Crippen LogP contribution in [0.15, 0.2) is 24.3 Å². The third-order valence-corrected chi connectivity index (χ3v) is 3.98. The zero-order valence-electron chi connectivity index (χ0n) is 14.1. The van der Waals surface area contributed by atoms with E-state index in [1.807, 2.05) is 0 Å². The van der Waals surface area contributed by atoms with Gasteiger partial charge in [-0.3, -0.25) is 0 Å². The molecule has 4 nitrogen and oxygen atoms in total. The van der Waals surface area contributed by atoms with Gasteiger partial charge in [0.2, 0.25) is 0 Å². The van der Waals surface area contributed by atoms with E-state index in [2.05, 4.69) is 0 Å². The van der Waals surface area contributed by atoms with Gasteiger partial charge in [0.25, 0.3) is 0 Å². The van der Waals surface area contributed by atoms with Gasteiger partial charge in [0.05, 0.1) is 5.56 Å². The Labute approximate surface area is 139 Å². The molecule has 1 aliphatic heterocycles. The molecule has 0 saturated carbocycles. The highest BCUT2D eigenvalue weighted by Gasteiger charge is 2.39. The number of halogens is 3. The van der Waals surface area contributed by atoms with Gasteiger partial charge in [-0.2, -0.15) is 13.2 Å². The second kappa shape index (κ2) is 6.63. The lowest BCUT2D eigenvalue weighted by Crippen LogP contribution is -2.51. The Bertz CT molecular complexity index is 596. The Hall–Kier alpha value is -1.76. The summed E-state index contributed by atoms with van der Waals surface area (Å²) in [5, 5.41) is 0. The smallest absolute Gasteiger partial charge is 0.416 e. The molecule has 0 radical (unpaired) electrons. The maximum Gasteiger partial charge on any atom is 0.416 e. The first-order chi connectivity index (χ1) is 11.0. The van der Waals surface area contributed by atoms with Crippen molar-refractivity contribution in [1.29, 1.82) is 0 Å². The van der Waals surface area contributed by atoms with Crippen molar-refractivity contribution in [3.63, 3.8) is 0 Å². The van der Waals surface area contributed by atoms with Crippen LogP contribution in [0.4, 0.5) is 18.0 Å². The van der Waals surface area contributed by atoms with E-state index in [9.17, 15) is 18.0 Å². The first kappa shape index (κ1) is 18.6. The SMILES string of the molecule is CC(C)(C)OC(=O)N1CC[C@H](c2ccccc2C(F)(F)F)[C@H](N)C1. The van der Waals surface area contributed by atoms with Crippen molar-refractivity contribution in [2.24, 2.45) is 5.73 Å². The number of carbonyl (C=O) groups is 1.